The maximum absolute atomic E-state index is 10.7. The molecule has 7 heteroatoms. The maximum Gasteiger partial charge on any atom is 0.469 e. The van der Waals surface area contributed by atoms with Crippen molar-refractivity contribution in [1.29, 1.82) is 0 Å². The monoisotopic (exact) mass is 267 g/mol. The van der Waals surface area contributed by atoms with Gasteiger partial charge >= 0.3 is 7.82 Å². The van der Waals surface area contributed by atoms with Crippen LogP contribution in [0.3, 0.4) is 0 Å². The summed E-state index contributed by atoms with van der Waals surface area (Å²) in [6.45, 7) is 0.984. The van der Waals surface area contributed by atoms with Crippen molar-refractivity contribution in [2.24, 2.45) is 5.92 Å². The summed E-state index contributed by atoms with van der Waals surface area (Å²) in [5.41, 5.74) is 0. The molecule has 6 nitrogen and oxygen atoms in total. The van der Waals surface area contributed by atoms with E-state index in [4.69, 9.17) is 14.9 Å². The van der Waals surface area contributed by atoms with Crippen LogP contribution in [-0.4, -0.2) is 40.7 Å². The molecular formula is C10H22NO5P. The Morgan fingerprint density at radius 3 is 2.65 bits per heavy atom. The summed E-state index contributed by atoms with van der Waals surface area (Å²) in [5, 5.41) is 12.0. The molecule has 0 amide bonds. The fraction of sp³-hybridized carbons (Fsp3) is 1.00. The Balaban J connectivity index is 2.34. The van der Waals surface area contributed by atoms with E-state index < -0.39 is 7.82 Å². The third-order valence-corrected chi connectivity index (χ3v) is 3.59. The molecule has 0 spiro atoms. The zero-order valence-corrected chi connectivity index (χ0v) is 10.8. The van der Waals surface area contributed by atoms with Crippen molar-refractivity contribution >= 4 is 7.82 Å². The number of hydrogen-bond donors (Lipinski definition) is 4. The minimum Gasteiger partial charge on any atom is -0.396 e. The summed E-state index contributed by atoms with van der Waals surface area (Å²) in [5.74, 6) is 0.148. The van der Waals surface area contributed by atoms with Crippen LogP contribution in [0.1, 0.15) is 32.1 Å². The van der Waals surface area contributed by atoms with Gasteiger partial charge in [-0.1, -0.05) is 12.8 Å². The molecule has 102 valence electrons. The van der Waals surface area contributed by atoms with E-state index in [0.717, 1.165) is 32.2 Å². The Labute approximate surface area is 102 Å². The van der Waals surface area contributed by atoms with Crippen LogP contribution < -0.4 is 5.32 Å². The zero-order chi connectivity index (χ0) is 12.7. The van der Waals surface area contributed by atoms with Gasteiger partial charge in [0.1, 0.15) is 0 Å². The highest BCUT2D eigenvalue weighted by Crippen LogP contribution is 2.38. The van der Waals surface area contributed by atoms with Crippen LogP contribution in [0.15, 0.2) is 0 Å². The third kappa shape index (κ3) is 6.50. The number of phosphoric ester groups is 1. The molecule has 2 atom stereocenters. The van der Waals surface area contributed by atoms with Crippen molar-refractivity contribution in [3.63, 3.8) is 0 Å². The number of aliphatic hydroxyl groups excluding tert-OH is 1. The average molecular weight is 267 g/mol. The van der Waals surface area contributed by atoms with E-state index in [-0.39, 0.29) is 25.2 Å². The van der Waals surface area contributed by atoms with Crippen LogP contribution in [0.2, 0.25) is 0 Å². The van der Waals surface area contributed by atoms with E-state index in [1.165, 1.54) is 0 Å². The Kier molecular flexibility index (Phi) is 6.62. The van der Waals surface area contributed by atoms with E-state index in [1.54, 1.807) is 0 Å². The van der Waals surface area contributed by atoms with Crippen molar-refractivity contribution in [3.8, 4) is 0 Å². The number of nitrogens with one attached hydrogen (secondary N) is 1. The van der Waals surface area contributed by atoms with Gasteiger partial charge in [0.15, 0.2) is 0 Å². The summed E-state index contributed by atoms with van der Waals surface area (Å²) in [7, 11) is -4.36. The van der Waals surface area contributed by atoms with Gasteiger partial charge in [-0.05, 0) is 31.7 Å². The quantitative estimate of drug-likeness (QED) is 0.399. The minimum atomic E-state index is -4.36. The van der Waals surface area contributed by atoms with Crippen LogP contribution in [-0.2, 0) is 9.09 Å². The fourth-order valence-electron chi connectivity index (χ4n) is 2.24. The molecule has 0 aromatic heterocycles. The summed E-state index contributed by atoms with van der Waals surface area (Å²) in [4.78, 5) is 17.4. The molecule has 0 bridgehead atoms. The SMILES string of the molecule is O=P(O)(O)OCC1CCCCC1NCCCO. The lowest BCUT2D eigenvalue weighted by atomic mass is 9.85. The molecule has 1 rings (SSSR count). The molecule has 2 unspecified atom stereocenters. The van der Waals surface area contributed by atoms with Crippen molar-refractivity contribution < 1.29 is 24.0 Å². The molecule has 0 aliphatic heterocycles. The Morgan fingerprint density at radius 1 is 1.29 bits per heavy atom. The van der Waals surface area contributed by atoms with Crippen molar-refractivity contribution in [2.75, 3.05) is 19.8 Å². The van der Waals surface area contributed by atoms with Crippen LogP contribution in [0.4, 0.5) is 0 Å². The lowest BCUT2D eigenvalue weighted by Gasteiger charge is -2.32. The highest BCUT2D eigenvalue weighted by atomic mass is 31.2. The zero-order valence-electron chi connectivity index (χ0n) is 9.92. The molecule has 0 radical (unpaired) electrons. The van der Waals surface area contributed by atoms with Crippen molar-refractivity contribution in [3.05, 3.63) is 0 Å². The highest BCUT2D eigenvalue weighted by molar-refractivity contribution is 7.46. The molecule has 0 saturated heterocycles. The predicted molar refractivity (Wildman–Crippen MR) is 63.4 cm³/mol. The first-order valence-electron chi connectivity index (χ1n) is 6.07. The summed E-state index contributed by atoms with van der Waals surface area (Å²) >= 11 is 0. The maximum atomic E-state index is 10.7. The molecule has 1 saturated carbocycles. The second-order valence-electron chi connectivity index (χ2n) is 4.47. The number of phosphoric acid groups is 1. The van der Waals surface area contributed by atoms with Gasteiger partial charge in [0, 0.05) is 12.6 Å². The summed E-state index contributed by atoms with van der Waals surface area (Å²) in [6.07, 6.45) is 4.83. The third-order valence-electron chi connectivity index (χ3n) is 3.11. The molecule has 1 fully saturated rings. The van der Waals surface area contributed by atoms with Gasteiger partial charge in [0.2, 0.25) is 0 Å². The highest BCUT2D eigenvalue weighted by Gasteiger charge is 2.27. The van der Waals surface area contributed by atoms with Crippen molar-refractivity contribution in [1.82, 2.24) is 5.32 Å². The second kappa shape index (κ2) is 7.46. The lowest BCUT2D eigenvalue weighted by molar-refractivity contribution is 0.128. The molecule has 4 N–H and O–H groups in total. The second-order valence-corrected chi connectivity index (χ2v) is 5.71. The molecule has 0 aromatic carbocycles. The Hall–Kier alpha value is 0.0300. The average Bonchev–Trinajstić information content (AvgIpc) is 2.27. The van der Waals surface area contributed by atoms with Gasteiger partial charge in [-0.25, -0.2) is 4.57 Å². The standard InChI is InChI=1S/C10H22NO5P/c12-7-3-6-11-10-5-2-1-4-9(10)8-16-17(13,14)15/h9-12H,1-8H2,(H2,13,14,15). The van der Waals surface area contributed by atoms with Crippen LogP contribution in [0.25, 0.3) is 0 Å². The summed E-state index contributed by atoms with van der Waals surface area (Å²) < 4.78 is 15.2. The van der Waals surface area contributed by atoms with Crippen LogP contribution in [0.5, 0.6) is 0 Å². The topological polar surface area (TPSA) is 99.0 Å². The molecular weight excluding hydrogens is 245 g/mol. The van der Waals surface area contributed by atoms with Crippen molar-refractivity contribution in [2.45, 2.75) is 38.1 Å². The van der Waals surface area contributed by atoms with E-state index in [1.807, 2.05) is 0 Å². The van der Waals surface area contributed by atoms with E-state index in [2.05, 4.69) is 9.84 Å². The van der Waals surface area contributed by atoms with Gasteiger partial charge in [-0.2, -0.15) is 0 Å². The first-order chi connectivity index (χ1) is 8.03. The molecule has 0 aromatic rings. The molecule has 1 aliphatic rings. The lowest BCUT2D eigenvalue weighted by Crippen LogP contribution is -2.41. The largest absolute Gasteiger partial charge is 0.469 e. The van der Waals surface area contributed by atoms with Gasteiger partial charge < -0.3 is 20.2 Å². The van der Waals surface area contributed by atoms with Crippen LogP contribution in [0, 0.1) is 5.92 Å². The number of rotatable bonds is 7. The van der Waals surface area contributed by atoms with Gasteiger partial charge in [-0.15, -0.1) is 0 Å². The molecule has 0 heterocycles. The first kappa shape index (κ1) is 15.1. The molecule has 17 heavy (non-hydrogen) atoms. The van der Waals surface area contributed by atoms with Crippen LogP contribution >= 0.6 is 7.82 Å². The normalized spacial score (nSPS) is 26.1. The Bertz CT molecular complexity index is 257. The predicted octanol–water partition coefficient (Wildman–Crippen LogP) is 0.626. The minimum absolute atomic E-state index is 0.0983. The van der Waals surface area contributed by atoms with E-state index in [0.29, 0.717) is 6.42 Å². The van der Waals surface area contributed by atoms with E-state index >= 15 is 0 Å². The fourth-order valence-corrected chi connectivity index (χ4v) is 2.62. The Morgan fingerprint density at radius 2 is 2.00 bits per heavy atom. The van der Waals surface area contributed by atoms with Gasteiger partial charge in [0.25, 0.3) is 0 Å². The first-order valence-corrected chi connectivity index (χ1v) is 7.60. The smallest absolute Gasteiger partial charge is 0.396 e. The van der Waals surface area contributed by atoms with Gasteiger partial charge in [0.05, 0.1) is 6.61 Å². The molecule has 1 aliphatic carbocycles. The number of hydrogen-bond acceptors (Lipinski definition) is 4. The van der Waals surface area contributed by atoms with E-state index in [9.17, 15) is 4.57 Å². The number of aliphatic hydroxyl groups is 1. The van der Waals surface area contributed by atoms with Gasteiger partial charge in [-0.3, -0.25) is 4.52 Å². The summed E-state index contributed by atoms with van der Waals surface area (Å²) in [6, 6.07) is 0.238.